The van der Waals surface area contributed by atoms with E-state index in [1.165, 1.54) is 26.4 Å². The summed E-state index contributed by atoms with van der Waals surface area (Å²) in [6.45, 7) is 3.05. The van der Waals surface area contributed by atoms with E-state index >= 15 is 8.78 Å². The number of halogens is 2. The van der Waals surface area contributed by atoms with Crippen LogP contribution in [0.3, 0.4) is 0 Å². The van der Waals surface area contributed by atoms with Crippen LogP contribution >= 0.6 is 0 Å². The highest BCUT2D eigenvalue weighted by molar-refractivity contribution is 5.89. The first-order valence-corrected chi connectivity index (χ1v) is 21.2. The van der Waals surface area contributed by atoms with E-state index in [-0.39, 0.29) is 43.1 Å². The van der Waals surface area contributed by atoms with Gasteiger partial charge in [0.1, 0.15) is 24.2 Å². The molecule has 4 N–H and O–H groups in total. The minimum atomic E-state index is -3.32. The molecule has 16 nitrogen and oxygen atoms in total. The highest BCUT2D eigenvalue weighted by atomic mass is 19.3. The van der Waals surface area contributed by atoms with E-state index in [1.807, 2.05) is 31.2 Å². The molecule has 4 amide bonds. The van der Waals surface area contributed by atoms with Gasteiger partial charge in [-0.1, -0.05) is 67.6 Å². The fourth-order valence-corrected chi connectivity index (χ4v) is 8.90. The first-order valence-electron chi connectivity index (χ1n) is 21.2. The third-order valence-electron chi connectivity index (χ3n) is 12.1. The predicted molar refractivity (Wildman–Crippen MR) is 232 cm³/mol. The Morgan fingerprint density at radius 3 is 2.28 bits per heavy atom. The van der Waals surface area contributed by atoms with Crippen LogP contribution < -0.4 is 10.6 Å². The molecule has 2 aromatic heterocycles. The van der Waals surface area contributed by atoms with Crippen molar-refractivity contribution in [2.75, 3.05) is 47.1 Å². The Balaban J connectivity index is 0.959. The lowest BCUT2D eigenvalue weighted by atomic mass is 9.98. The fraction of sp³-hybridized carbons (Fsp3) is 0.319. The lowest BCUT2D eigenvalue weighted by Crippen LogP contribution is -2.44. The van der Waals surface area contributed by atoms with E-state index < -0.39 is 41.9 Å². The van der Waals surface area contributed by atoms with E-state index in [1.54, 1.807) is 64.5 Å². The monoisotopic (exact) mass is 888 g/mol. The van der Waals surface area contributed by atoms with Crippen LogP contribution in [0.2, 0.25) is 0 Å². The number of aromatic amines is 2. The summed E-state index contributed by atoms with van der Waals surface area (Å²) in [7, 11) is 2.44. The maximum absolute atomic E-state index is 16.5. The van der Waals surface area contributed by atoms with Gasteiger partial charge in [-0.15, -0.1) is 0 Å². The predicted octanol–water partition coefficient (Wildman–Crippen LogP) is 6.95. The molecule has 18 heteroatoms. The average Bonchev–Trinajstić information content (AvgIpc) is 4.18. The summed E-state index contributed by atoms with van der Waals surface area (Å²) < 4.78 is 54.6. The van der Waals surface area contributed by atoms with Crippen molar-refractivity contribution in [1.29, 1.82) is 0 Å². The van der Waals surface area contributed by atoms with Crippen molar-refractivity contribution in [3.8, 4) is 33.5 Å². The Kier molecular flexibility index (Phi) is 11.5. The van der Waals surface area contributed by atoms with Crippen molar-refractivity contribution in [2.24, 2.45) is 0 Å². The van der Waals surface area contributed by atoms with Gasteiger partial charge in [0.05, 0.1) is 69.5 Å². The summed E-state index contributed by atoms with van der Waals surface area (Å²) in [6.07, 6.45) is 1.02. The van der Waals surface area contributed by atoms with Crippen molar-refractivity contribution in [3.63, 3.8) is 0 Å². The summed E-state index contributed by atoms with van der Waals surface area (Å²) in [4.78, 5) is 70.2. The van der Waals surface area contributed by atoms with Gasteiger partial charge in [-0.25, -0.2) is 19.6 Å². The zero-order chi connectivity index (χ0) is 45.5. The van der Waals surface area contributed by atoms with Gasteiger partial charge in [0.25, 0.3) is 11.8 Å². The zero-order valence-electron chi connectivity index (χ0n) is 35.8. The molecule has 0 unspecified atom stereocenters. The van der Waals surface area contributed by atoms with E-state index in [2.05, 4.69) is 30.3 Å². The number of hydrogen-bond acceptors (Lipinski definition) is 10. The first-order chi connectivity index (χ1) is 31.4. The van der Waals surface area contributed by atoms with Gasteiger partial charge in [-0.3, -0.25) is 9.59 Å². The number of hydrogen-bond donors (Lipinski definition) is 4. The molecule has 4 aromatic carbocycles. The maximum atomic E-state index is 16.5. The Labute approximate surface area is 371 Å². The van der Waals surface area contributed by atoms with Gasteiger partial charge in [-0.05, 0) is 58.5 Å². The summed E-state index contributed by atoms with van der Waals surface area (Å²) in [6, 6.07) is 22.6. The molecule has 4 heterocycles. The Morgan fingerprint density at radius 2 is 1.57 bits per heavy atom. The summed E-state index contributed by atoms with van der Waals surface area (Å²) in [5.74, 6) is -4.17. The van der Waals surface area contributed by atoms with Gasteiger partial charge in [0, 0.05) is 29.7 Å². The molecule has 2 atom stereocenters. The number of amides is 4. The average molecular weight is 889 g/mol. The highest BCUT2D eigenvalue weighted by Crippen LogP contribution is 2.53. The zero-order valence-corrected chi connectivity index (χ0v) is 35.8. The SMILES string of the molecule is CCCN(Cc1ncc(-c2ccc3c(c2)C(F)(F)c2cc(-c4ccc5nc([C@@H]6CC7(CN6C(=O)[C@H](NC(=O)OC)c6ccccc6)OCCO7)[nH]c5c4)ccc2-3)[nH]1)C(=O)CNC(=O)OC. The van der Waals surface area contributed by atoms with Crippen LogP contribution in [-0.2, 0) is 41.0 Å². The molecule has 65 heavy (non-hydrogen) atoms. The standard InChI is InChI=1S/C47H46F2N8O8/c1-4-16-56(40(58)24-51-44(60)62-2)25-39-50-23-37(52-39)30-11-14-32-31-13-10-28(19-33(31)47(48,49)34(32)20-30)29-12-15-35-36(21-29)54-42(53-35)38-22-46(64-17-18-65-46)26-57(38)43(59)41(55-45(61)63-3)27-8-6-5-7-9-27/h5-15,19-21,23,38,41H,4,16-18,22,24-26H2,1-3H3,(H,50,52)(H,51,60)(H,53,54)(H,55,61)/t38-,41+/m0/s1. The molecular formula is C47H46F2N8O8. The molecule has 0 bridgehead atoms. The third-order valence-corrected chi connectivity index (χ3v) is 12.1. The number of methoxy groups -OCH3 is 2. The van der Waals surface area contributed by atoms with Crippen LogP contribution in [0.4, 0.5) is 18.4 Å². The molecule has 336 valence electrons. The first kappa shape index (κ1) is 43.1. The van der Waals surface area contributed by atoms with E-state index in [0.717, 1.165) is 0 Å². The van der Waals surface area contributed by atoms with E-state index in [4.69, 9.17) is 19.2 Å². The normalized spacial score (nSPS) is 17.1. The quantitative estimate of drug-likeness (QED) is 0.1000. The van der Waals surface area contributed by atoms with Gasteiger partial charge in [0.2, 0.25) is 5.91 Å². The smallest absolute Gasteiger partial charge is 0.407 e. The number of nitrogens with zero attached hydrogens (tertiary/aromatic N) is 4. The fourth-order valence-electron chi connectivity index (χ4n) is 8.90. The number of fused-ring (bicyclic) bond motifs is 4. The molecule has 2 saturated heterocycles. The van der Waals surface area contributed by atoms with Crippen molar-refractivity contribution in [3.05, 3.63) is 119 Å². The van der Waals surface area contributed by atoms with Crippen molar-refractivity contribution in [2.45, 2.75) is 50.1 Å². The van der Waals surface area contributed by atoms with Crippen LogP contribution in [0.5, 0.6) is 0 Å². The number of rotatable bonds is 12. The molecule has 1 spiro atoms. The Morgan fingerprint density at radius 1 is 0.892 bits per heavy atom. The van der Waals surface area contributed by atoms with Gasteiger partial charge in [0.15, 0.2) is 5.79 Å². The molecule has 0 saturated carbocycles. The van der Waals surface area contributed by atoms with E-state index in [9.17, 15) is 19.2 Å². The second-order valence-electron chi connectivity index (χ2n) is 16.1. The number of benzene rings is 4. The van der Waals surface area contributed by atoms with Gasteiger partial charge < -0.3 is 49.3 Å². The Hall–Kier alpha value is -7.18. The number of nitrogens with one attached hydrogen (secondary N) is 4. The molecule has 1 aliphatic carbocycles. The molecule has 3 aliphatic rings. The van der Waals surface area contributed by atoms with Gasteiger partial charge in [-0.2, -0.15) is 8.78 Å². The minimum absolute atomic E-state index is 0.0973. The molecule has 2 aliphatic heterocycles. The number of ether oxygens (including phenoxy) is 4. The number of imidazole rings is 2. The third kappa shape index (κ3) is 8.26. The van der Waals surface area contributed by atoms with Crippen LogP contribution in [0, 0.1) is 0 Å². The van der Waals surface area contributed by atoms with Crippen LogP contribution in [-0.4, -0.2) is 107 Å². The minimum Gasteiger partial charge on any atom is -0.453 e. The number of aromatic nitrogens is 4. The number of alkyl carbamates (subject to hydrolysis) is 2. The number of carbonyl (C=O) groups is 4. The van der Waals surface area contributed by atoms with Crippen molar-refractivity contribution >= 4 is 35.0 Å². The lowest BCUT2D eigenvalue weighted by Gasteiger charge is -2.28. The topological polar surface area (TPSA) is 193 Å². The summed E-state index contributed by atoms with van der Waals surface area (Å²) in [5.41, 5.74) is 4.66. The molecule has 9 rings (SSSR count). The number of carbonyl (C=O) groups excluding carboxylic acids is 4. The number of likely N-dealkylation sites (tertiary alicyclic amines) is 1. The molecule has 2 fully saturated rings. The summed E-state index contributed by atoms with van der Waals surface area (Å²) in [5, 5.41) is 5.07. The largest absolute Gasteiger partial charge is 0.453 e. The Bertz CT molecular complexity index is 2790. The van der Waals surface area contributed by atoms with Crippen LogP contribution in [0.1, 0.15) is 60.2 Å². The number of alkyl halides is 2. The molecule has 6 aromatic rings. The lowest BCUT2D eigenvalue weighted by molar-refractivity contribution is -0.153. The van der Waals surface area contributed by atoms with Crippen molar-refractivity contribution in [1.82, 2.24) is 40.4 Å². The second-order valence-corrected chi connectivity index (χ2v) is 16.1. The number of H-pyrrole nitrogens is 2. The molecular weight excluding hydrogens is 843 g/mol. The van der Waals surface area contributed by atoms with E-state index in [0.29, 0.717) is 87.9 Å². The highest BCUT2D eigenvalue weighted by Gasteiger charge is 2.53. The van der Waals surface area contributed by atoms with Gasteiger partial charge >= 0.3 is 12.2 Å². The van der Waals surface area contributed by atoms with Crippen molar-refractivity contribution < 1.29 is 46.9 Å². The summed E-state index contributed by atoms with van der Waals surface area (Å²) >= 11 is 0. The molecule has 0 radical (unpaired) electrons. The van der Waals surface area contributed by atoms with Crippen LogP contribution in [0.15, 0.2) is 91.1 Å². The second kappa shape index (κ2) is 17.4. The maximum Gasteiger partial charge on any atom is 0.407 e. The van der Waals surface area contributed by atoms with Crippen LogP contribution in [0.25, 0.3) is 44.5 Å².